The molecule has 0 N–H and O–H groups in total. The van der Waals surface area contributed by atoms with Gasteiger partial charge in [-0.25, -0.2) is 0 Å². The summed E-state index contributed by atoms with van der Waals surface area (Å²) in [6, 6.07) is 6.78. The third-order valence-corrected chi connectivity index (χ3v) is 5.11. The maximum absolute atomic E-state index is 6.06. The zero-order valence-electron chi connectivity index (χ0n) is 11.9. The smallest absolute Gasteiger partial charge is 0.0595 e. The summed E-state index contributed by atoms with van der Waals surface area (Å²) in [7, 11) is 0. The first-order valence-electron chi connectivity index (χ1n) is 7.13. The molecule has 1 aromatic carbocycles. The molecular weight excluding hydrogens is 439 g/mol. The third-order valence-electron chi connectivity index (χ3n) is 4.37. The molecule has 0 spiro atoms. The lowest BCUT2D eigenvalue weighted by Gasteiger charge is -2.37. The Bertz CT molecular complexity index is 459. The van der Waals surface area contributed by atoms with Gasteiger partial charge in [0, 0.05) is 32.2 Å². The fourth-order valence-electron chi connectivity index (χ4n) is 3.24. The Kier molecular flexibility index (Phi) is 8.54. The molecular formula is C15H22Br2Cl2N2. The molecule has 0 aliphatic carbocycles. The van der Waals surface area contributed by atoms with Crippen LogP contribution < -0.4 is 0 Å². The van der Waals surface area contributed by atoms with Gasteiger partial charge in [-0.1, -0.05) is 29.3 Å². The van der Waals surface area contributed by atoms with Crippen molar-refractivity contribution in [1.82, 2.24) is 9.80 Å². The van der Waals surface area contributed by atoms with E-state index in [1.165, 1.54) is 44.6 Å². The molecule has 2 aliphatic heterocycles. The van der Waals surface area contributed by atoms with E-state index in [1.54, 1.807) is 0 Å². The zero-order chi connectivity index (χ0) is 13.2. The fourth-order valence-corrected chi connectivity index (χ4v) is 3.56. The molecule has 1 aromatic rings. The van der Waals surface area contributed by atoms with Gasteiger partial charge in [-0.05, 0) is 43.5 Å². The summed E-state index contributed by atoms with van der Waals surface area (Å²) in [5.74, 6) is 0. The molecule has 0 saturated carbocycles. The molecule has 21 heavy (non-hydrogen) atoms. The fraction of sp³-hybridized carbons (Fsp3) is 0.600. The van der Waals surface area contributed by atoms with E-state index >= 15 is 0 Å². The first-order chi connectivity index (χ1) is 9.22. The second-order valence-corrected chi connectivity index (χ2v) is 6.45. The van der Waals surface area contributed by atoms with Gasteiger partial charge in [0.25, 0.3) is 0 Å². The normalized spacial score (nSPS) is 22.3. The van der Waals surface area contributed by atoms with Crippen LogP contribution in [0.1, 0.15) is 18.4 Å². The summed E-state index contributed by atoms with van der Waals surface area (Å²) < 4.78 is 0. The lowest BCUT2D eigenvalue weighted by atomic mass is 10.1. The van der Waals surface area contributed by atoms with Crippen molar-refractivity contribution in [2.75, 3.05) is 32.7 Å². The van der Waals surface area contributed by atoms with Gasteiger partial charge < -0.3 is 4.90 Å². The van der Waals surface area contributed by atoms with Gasteiger partial charge in [0.1, 0.15) is 0 Å². The predicted molar refractivity (Wildman–Crippen MR) is 102 cm³/mol. The van der Waals surface area contributed by atoms with Gasteiger partial charge >= 0.3 is 0 Å². The molecule has 6 heteroatoms. The van der Waals surface area contributed by atoms with Gasteiger partial charge in [-0.2, -0.15) is 0 Å². The van der Waals surface area contributed by atoms with E-state index in [2.05, 4.69) is 15.9 Å². The van der Waals surface area contributed by atoms with Gasteiger partial charge in [-0.15, -0.1) is 34.0 Å². The number of benzene rings is 1. The van der Waals surface area contributed by atoms with Crippen molar-refractivity contribution in [3.63, 3.8) is 0 Å². The Hall–Kier alpha value is 0.680. The number of halogens is 4. The summed E-state index contributed by atoms with van der Waals surface area (Å²) in [5.41, 5.74) is 1.28. The van der Waals surface area contributed by atoms with E-state index in [1.807, 2.05) is 12.1 Å². The van der Waals surface area contributed by atoms with Crippen molar-refractivity contribution in [2.24, 2.45) is 0 Å². The molecule has 2 nitrogen and oxygen atoms in total. The maximum Gasteiger partial charge on any atom is 0.0595 e. The summed E-state index contributed by atoms with van der Waals surface area (Å²) >= 11 is 12.0. The first-order valence-corrected chi connectivity index (χ1v) is 7.88. The highest BCUT2D eigenvalue weighted by molar-refractivity contribution is 8.93. The maximum atomic E-state index is 6.06. The van der Waals surface area contributed by atoms with E-state index in [4.69, 9.17) is 23.2 Å². The van der Waals surface area contributed by atoms with Crippen molar-refractivity contribution in [1.29, 1.82) is 0 Å². The standard InChI is InChI=1S/C15H20Cl2N2.2BrH/c16-14-4-3-12(10-15(14)17)5-7-18-8-9-19-6-1-2-13(19)11-18;;/h3-4,10,13H,1-2,5-9,11H2;2*1H/t13-;;/m0../s1. The van der Waals surface area contributed by atoms with Crippen LogP contribution in [0, 0.1) is 0 Å². The third kappa shape index (κ3) is 5.08. The number of piperazine rings is 1. The van der Waals surface area contributed by atoms with Crippen molar-refractivity contribution in [3.8, 4) is 0 Å². The van der Waals surface area contributed by atoms with Crippen LogP contribution in [0.5, 0.6) is 0 Å². The van der Waals surface area contributed by atoms with E-state index in [0.29, 0.717) is 10.0 Å². The van der Waals surface area contributed by atoms with Crippen LogP contribution in [0.15, 0.2) is 18.2 Å². The molecule has 0 aromatic heterocycles. The highest BCUT2D eigenvalue weighted by atomic mass is 79.9. The molecule has 2 saturated heterocycles. The monoisotopic (exact) mass is 458 g/mol. The highest BCUT2D eigenvalue weighted by Gasteiger charge is 2.29. The van der Waals surface area contributed by atoms with Gasteiger partial charge in [0.2, 0.25) is 0 Å². The van der Waals surface area contributed by atoms with Crippen LogP contribution in [-0.4, -0.2) is 48.6 Å². The molecule has 2 fully saturated rings. The molecule has 2 heterocycles. The lowest BCUT2D eigenvalue weighted by Crippen LogP contribution is -2.50. The van der Waals surface area contributed by atoms with Crippen LogP contribution in [0.25, 0.3) is 0 Å². The molecule has 0 radical (unpaired) electrons. The summed E-state index contributed by atoms with van der Waals surface area (Å²) in [5, 5.41) is 1.31. The minimum absolute atomic E-state index is 0. The minimum atomic E-state index is 0. The molecule has 1 atom stereocenters. The number of rotatable bonds is 3. The highest BCUT2D eigenvalue weighted by Crippen LogP contribution is 2.24. The predicted octanol–water partition coefficient (Wildman–Crippen LogP) is 4.47. The Labute approximate surface area is 158 Å². The summed E-state index contributed by atoms with van der Waals surface area (Å²) in [6.07, 6.45) is 3.82. The molecule has 0 amide bonds. The van der Waals surface area contributed by atoms with Crippen LogP contribution in [-0.2, 0) is 6.42 Å². The molecule has 3 rings (SSSR count). The number of nitrogens with zero attached hydrogens (tertiary/aromatic N) is 2. The summed E-state index contributed by atoms with van der Waals surface area (Å²) in [4.78, 5) is 5.24. The molecule has 120 valence electrons. The topological polar surface area (TPSA) is 6.48 Å². The Morgan fingerprint density at radius 2 is 1.86 bits per heavy atom. The van der Waals surface area contributed by atoms with E-state index in [-0.39, 0.29) is 34.0 Å². The Balaban J connectivity index is 0.00000110. The molecule has 0 unspecified atom stereocenters. The molecule has 0 bridgehead atoms. The van der Waals surface area contributed by atoms with Crippen LogP contribution in [0.3, 0.4) is 0 Å². The molecule has 2 aliphatic rings. The van der Waals surface area contributed by atoms with Gasteiger partial charge in [0.15, 0.2) is 0 Å². The van der Waals surface area contributed by atoms with E-state index in [9.17, 15) is 0 Å². The van der Waals surface area contributed by atoms with Gasteiger partial charge in [-0.3, -0.25) is 4.90 Å². The number of hydrogen-bond donors (Lipinski definition) is 0. The van der Waals surface area contributed by atoms with Crippen LogP contribution in [0.2, 0.25) is 10.0 Å². The van der Waals surface area contributed by atoms with E-state index < -0.39 is 0 Å². The van der Waals surface area contributed by atoms with Gasteiger partial charge in [0.05, 0.1) is 10.0 Å². The van der Waals surface area contributed by atoms with Crippen molar-refractivity contribution < 1.29 is 0 Å². The largest absolute Gasteiger partial charge is 0.300 e. The second-order valence-electron chi connectivity index (χ2n) is 5.63. The average Bonchev–Trinajstić information content (AvgIpc) is 2.87. The van der Waals surface area contributed by atoms with Crippen molar-refractivity contribution >= 4 is 57.2 Å². The number of hydrogen-bond acceptors (Lipinski definition) is 2. The quantitative estimate of drug-likeness (QED) is 0.656. The summed E-state index contributed by atoms with van der Waals surface area (Å²) in [6.45, 7) is 6.12. The van der Waals surface area contributed by atoms with E-state index in [0.717, 1.165) is 19.0 Å². The van der Waals surface area contributed by atoms with Crippen molar-refractivity contribution in [2.45, 2.75) is 25.3 Å². The minimum Gasteiger partial charge on any atom is -0.300 e. The van der Waals surface area contributed by atoms with Crippen LogP contribution >= 0.6 is 57.2 Å². The lowest BCUT2D eigenvalue weighted by molar-refractivity contribution is 0.105. The first kappa shape index (κ1) is 19.7. The Morgan fingerprint density at radius 3 is 2.62 bits per heavy atom. The van der Waals surface area contributed by atoms with Crippen molar-refractivity contribution in [3.05, 3.63) is 33.8 Å². The zero-order valence-corrected chi connectivity index (χ0v) is 16.9. The Morgan fingerprint density at radius 1 is 1.05 bits per heavy atom. The SMILES string of the molecule is Br.Br.Clc1ccc(CCN2CCN3CCC[C@H]3C2)cc1Cl. The van der Waals surface area contributed by atoms with Crippen LogP contribution in [0.4, 0.5) is 0 Å². The number of fused-ring (bicyclic) bond motifs is 1. The average molecular weight is 461 g/mol. The second kappa shape index (κ2) is 9.09.